The minimum absolute atomic E-state index is 0.438. The number of hydrogen-bond donors (Lipinski definition) is 1. The van der Waals surface area contributed by atoms with Crippen LogP contribution in [0.2, 0.25) is 0 Å². The van der Waals surface area contributed by atoms with Gasteiger partial charge in [-0.2, -0.15) is 10.2 Å². The summed E-state index contributed by atoms with van der Waals surface area (Å²) in [5.41, 5.74) is 1.25. The second-order valence-electron chi connectivity index (χ2n) is 3.53. The largest absolute Gasteiger partial charge is 0.356 e. The zero-order valence-electron chi connectivity index (χ0n) is 9.03. The molecule has 0 aliphatic heterocycles. The third-order valence-corrected chi connectivity index (χ3v) is 2.26. The molecule has 0 aromatic carbocycles. The number of hydrogen-bond acceptors (Lipinski definition) is 4. The van der Waals surface area contributed by atoms with Gasteiger partial charge >= 0.3 is 0 Å². The van der Waals surface area contributed by atoms with E-state index < -0.39 is 0 Å². The van der Waals surface area contributed by atoms with Gasteiger partial charge in [-0.1, -0.05) is 18.5 Å². The van der Waals surface area contributed by atoms with Gasteiger partial charge in [0.2, 0.25) is 0 Å². The minimum atomic E-state index is 0.438. The van der Waals surface area contributed by atoms with Crippen molar-refractivity contribution < 1.29 is 4.52 Å². The Kier molecular flexibility index (Phi) is 3.01. The van der Waals surface area contributed by atoms with Crippen LogP contribution in [0.25, 0.3) is 11.6 Å². The molecule has 0 spiro atoms. The predicted octanol–water partition coefficient (Wildman–Crippen LogP) is 2.28. The van der Waals surface area contributed by atoms with Crippen molar-refractivity contribution in [1.82, 2.24) is 15.1 Å². The summed E-state index contributed by atoms with van der Waals surface area (Å²) in [5.74, 6) is 1.15. The molecule has 0 atom stereocenters. The zero-order valence-corrected chi connectivity index (χ0v) is 9.03. The first kappa shape index (κ1) is 10.4. The van der Waals surface area contributed by atoms with E-state index in [0.717, 1.165) is 19.3 Å². The van der Waals surface area contributed by atoms with E-state index >= 15 is 0 Å². The Balaban J connectivity index is 2.15. The van der Waals surface area contributed by atoms with Gasteiger partial charge in [-0.15, -0.1) is 0 Å². The normalized spacial score (nSPS) is 10.2. The zero-order chi connectivity index (χ0) is 11.4. The van der Waals surface area contributed by atoms with E-state index in [1.54, 1.807) is 12.3 Å². The molecule has 0 fully saturated rings. The van der Waals surface area contributed by atoms with Gasteiger partial charge in [0.05, 0.1) is 5.56 Å². The van der Waals surface area contributed by atoms with Crippen LogP contribution >= 0.6 is 0 Å². The SMILES string of the molecule is CCCCc1noc(-c2cc(C#N)c[nH]2)n1. The number of nitriles is 1. The maximum atomic E-state index is 8.68. The molecule has 16 heavy (non-hydrogen) atoms. The highest BCUT2D eigenvalue weighted by Crippen LogP contribution is 2.16. The van der Waals surface area contributed by atoms with E-state index in [-0.39, 0.29) is 0 Å². The van der Waals surface area contributed by atoms with Crippen molar-refractivity contribution in [3.63, 3.8) is 0 Å². The van der Waals surface area contributed by atoms with Gasteiger partial charge in [0.1, 0.15) is 11.8 Å². The van der Waals surface area contributed by atoms with Crippen LogP contribution in [0.3, 0.4) is 0 Å². The Morgan fingerprint density at radius 3 is 3.12 bits per heavy atom. The Labute approximate surface area is 93.1 Å². The summed E-state index contributed by atoms with van der Waals surface area (Å²) in [5, 5.41) is 12.6. The van der Waals surface area contributed by atoms with Crippen LogP contribution in [-0.4, -0.2) is 15.1 Å². The van der Waals surface area contributed by atoms with Gasteiger partial charge < -0.3 is 9.51 Å². The second-order valence-corrected chi connectivity index (χ2v) is 3.53. The van der Waals surface area contributed by atoms with E-state index in [4.69, 9.17) is 9.78 Å². The molecule has 0 saturated carbocycles. The molecule has 2 rings (SSSR count). The Morgan fingerprint density at radius 2 is 2.44 bits per heavy atom. The lowest BCUT2D eigenvalue weighted by atomic mass is 10.2. The van der Waals surface area contributed by atoms with Crippen LogP contribution in [0.5, 0.6) is 0 Å². The summed E-state index contributed by atoms with van der Waals surface area (Å²) in [6, 6.07) is 3.73. The van der Waals surface area contributed by atoms with Crippen molar-refractivity contribution in [3.8, 4) is 17.7 Å². The maximum Gasteiger partial charge on any atom is 0.274 e. The Hall–Kier alpha value is -2.09. The third-order valence-electron chi connectivity index (χ3n) is 2.26. The van der Waals surface area contributed by atoms with Gasteiger partial charge in [-0.05, 0) is 12.5 Å². The molecule has 0 radical (unpaired) electrons. The number of rotatable bonds is 4. The minimum Gasteiger partial charge on any atom is -0.356 e. The monoisotopic (exact) mass is 216 g/mol. The van der Waals surface area contributed by atoms with Crippen LogP contribution in [0.15, 0.2) is 16.8 Å². The lowest BCUT2D eigenvalue weighted by molar-refractivity contribution is 0.420. The van der Waals surface area contributed by atoms with Crippen molar-refractivity contribution in [3.05, 3.63) is 23.7 Å². The third kappa shape index (κ3) is 2.11. The first-order chi connectivity index (χ1) is 7.83. The number of nitrogens with zero attached hydrogens (tertiary/aromatic N) is 3. The van der Waals surface area contributed by atoms with Crippen molar-refractivity contribution in [1.29, 1.82) is 5.26 Å². The highest BCUT2D eigenvalue weighted by molar-refractivity contribution is 5.51. The number of nitrogens with one attached hydrogen (secondary N) is 1. The van der Waals surface area contributed by atoms with E-state index in [0.29, 0.717) is 23.0 Å². The molecule has 0 unspecified atom stereocenters. The fourth-order valence-corrected chi connectivity index (χ4v) is 1.38. The topological polar surface area (TPSA) is 78.5 Å². The van der Waals surface area contributed by atoms with Gasteiger partial charge in [-0.3, -0.25) is 0 Å². The average Bonchev–Trinajstić information content (AvgIpc) is 2.94. The average molecular weight is 216 g/mol. The van der Waals surface area contributed by atoms with Gasteiger partial charge in [-0.25, -0.2) is 0 Å². The molecule has 5 heteroatoms. The van der Waals surface area contributed by atoms with Crippen molar-refractivity contribution in [2.45, 2.75) is 26.2 Å². The predicted molar refractivity (Wildman–Crippen MR) is 57.4 cm³/mol. The number of unbranched alkanes of at least 4 members (excludes halogenated alkanes) is 1. The van der Waals surface area contributed by atoms with Crippen LogP contribution in [0.1, 0.15) is 31.2 Å². The molecule has 0 amide bonds. The fourth-order valence-electron chi connectivity index (χ4n) is 1.38. The van der Waals surface area contributed by atoms with E-state index in [1.165, 1.54) is 0 Å². The molecular weight excluding hydrogens is 204 g/mol. The van der Waals surface area contributed by atoms with Gasteiger partial charge in [0.25, 0.3) is 5.89 Å². The number of aryl methyl sites for hydroxylation is 1. The van der Waals surface area contributed by atoms with E-state index in [1.807, 2.05) is 6.07 Å². The Bertz CT molecular complexity index is 506. The first-order valence-corrected chi connectivity index (χ1v) is 5.25. The molecule has 2 aromatic rings. The molecule has 2 heterocycles. The summed E-state index contributed by atoms with van der Waals surface area (Å²) in [7, 11) is 0. The van der Waals surface area contributed by atoms with Crippen LogP contribution in [-0.2, 0) is 6.42 Å². The van der Waals surface area contributed by atoms with Crippen molar-refractivity contribution >= 4 is 0 Å². The van der Waals surface area contributed by atoms with E-state index in [2.05, 4.69) is 22.0 Å². The summed E-state index contributed by atoms with van der Waals surface area (Å²) in [6.07, 6.45) is 4.59. The quantitative estimate of drug-likeness (QED) is 0.850. The molecule has 0 aliphatic carbocycles. The van der Waals surface area contributed by atoms with Crippen LogP contribution in [0.4, 0.5) is 0 Å². The standard InChI is InChI=1S/C11H12N4O/c1-2-3-4-10-14-11(16-15-10)9-5-8(6-12)7-13-9/h5,7,13H,2-4H2,1H3. The number of aromatic nitrogens is 3. The van der Waals surface area contributed by atoms with Gasteiger partial charge in [0, 0.05) is 12.6 Å². The van der Waals surface area contributed by atoms with E-state index in [9.17, 15) is 0 Å². The molecule has 0 bridgehead atoms. The lowest BCUT2D eigenvalue weighted by Crippen LogP contribution is -1.87. The molecule has 1 N–H and O–H groups in total. The summed E-state index contributed by atoms with van der Waals surface area (Å²) in [6.45, 7) is 2.12. The van der Waals surface area contributed by atoms with Crippen LogP contribution in [0, 0.1) is 11.3 Å². The smallest absolute Gasteiger partial charge is 0.274 e. The highest BCUT2D eigenvalue weighted by atomic mass is 16.5. The Morgan fingerprint density at radius 1 is 1.56 bits per heavy atom. The van der Waals surface area contributed by atoms with Crippen molar-refractivity contribution in [2.24, 2.45) is 0 Å². The number of H-pyrrole nitrogens is 1. The fraction of sp³-hybridized carbons (Fsp3) is 0.364. The summed E-state index contributed by atoms with van der Waals surface area (Å²) >= 11 is 0. The molecular formula is C11H12N4O. The summed E-state index contributed by atoms with van der Waals surface area (Å²) in [4.78, 5) is 7.17. The van der Waals surface area contributed by atoms with Crippen molar-refractivity contribution in [2.75, 3.05) is 0 Å². The molecule has 82 valence electrons. The number of aromatic amines is 1. The molecule has 0 aliphatic rings. The lowest BCUT2D eigenvalue weighted by Gasteiger charge is -1.87. The first-order valence-electron chi connectivity index (χ1n) is 5.25. The molecule has 5 nitrogen and oxygen atoms in total. The summed E-state index contributed by atoms with van der Waals surface area (Å²) < 4.78 is 5.10. The molecule has 0 saturated heterocycles. The van der Waals surface area contributed by atoms with Gasteiger partial charge in [0.15, 0.2) is 5.82 Å². The molecule has 2 aromatic heterocycles. The maximum absolute atomic E-state index is 8.68. The highest BCUT2D eigenvalue weighted by Gasteiger charge is 2.10. The van der Waals surface area contributed by atoms with Crippen LogP contribution < -0.4 is 0 Å². The second kappa shape index (κ2) is 4.62.